The second kappa shape index (κ2) is 7.15. The Kier molecular flexibility index (Phi) is 6.16. The van der Waals surface area contributed by atoms with Gasteiger partial charge in [0.05, 0.1) is 16.4 Å². The van der Waals surface area contributed by atoms with Gasteiger partial charge < -0.3 is 5.32 Å². The Morgan fingerprint density at radius 3 is 2.44 bits per heavy atom. The van der Waals surface area contributed by atoms with Crippen LogP contribution in [0.4, 0.5) is 0 Å². The Hall–Kier alpha value is -0.540. The molecule has 1 aromatic rings. The fourth-order valence-corrected chi connectivity index (χ4v) is 2.49. The summed E-state index contributed by atoms with van der Waals surface area (Å²) >= 11 is 6.38. The molecular weight excluding hydrogens is 246 g/mol. The van der Waals surface area contributed by atoms with E-state index in [1.54, 1.807) is 0 Å². The molecule has 0 amide bonds. The quantitative estimate of drug-likeness (QED) is 0.826. The van der Waals surface area contributed by atoms with Crippen LogP contribution >= 0.6 is 11.6 Å². The first kappa shape index (κ1) is 15.5. The van der Waals surface area contributed by atoms with Crippen molar-refractivity contribution in [1.82, 2.24) is 15.1 Å². The molecule has 0 bridgehead atoms. The van der Waals surface area contributed by atoms with Crippen molar-refractivity contribution < 1.29 is 0 Å². The van der Waals surface area contributed by atoms with E-state index in [0.29, 0.717) is 11.8 Å². The van der Waals surface area contributed by atoms with Gasteiger partial charge in [-0.1, -0.05) is 39.3 Å². The second-order valence-corrected chi connectivity index (χ2v) is 5.53. The SMILES string of the molecule is CCNCC(C)C(C)Cc1c(Cl)c(CC)nn1C. The molecule has 0 saturated heterocycles. The van der Waals surface area contributed by atoms with Gasteiger partial charge in [0.15, 0.2) is 0 Å². The molecule has 3 nitrogen and oxygen atoms in total. The average molecular weight is 272 g/mol. The summed E-state index contributed by atoms with van der Waals surface area (Å²) in [5.41, 5.74) is 2.19. The topological polar surface area (TPSA) is 29.9 Å². The molecule has 18 heavy (non-hydrogen) atoms. The van der Waals surface area contributed by atoms with Gasteiger partial charge in [0.2, 0.25) is 0 Å². The Labute approximate surface area is 116 Å². The molecule has 2 unspecified atom stereocenters. The molecule has 2 atom stereocenters. The smallest absolute Gasteiger partial charge is 0.0849 e. The first-order valence-electron chi connectivity index (χ1n) is 6.92. The number of nitrogens with zero attached hydrogens (tertiary/aromatic N) is 2. The summed E-state index contributed by atoms with van der Waals surface area (Å²) in [7, 11) is 1.99. The summed E-state index contributed by atoms with van der Waals surface area (Å²) < 4.78 is 1.94. The molecule has 0 aliphatic rings. The monoisotopic (exact) mass is 271 g/mol. The lowest BCUT2D eigenvalue weighted by Crippen LogP contribution is -2.26. The molecule has 1 heterocycles. The minimum absolute atomic E-state index is 0.599. The van der Waals surface area contributed by atoms with Crippen molar-refractivity contribution >= 4 is 11.6 Å². The van der Waals surface area contributed by atoms with Crippen molar-refractivity contribution in [2.45, 2.75) is 40.5 Å². The fourth-order valence-electron chi connectivity index (χ4n) is 2.12. The highest BCUT2D eigenvalue weighted by Crippen LogP contribution is 2.25. The lowest BCUT2D eigenvalue weighted by molar-refractivity contribution is 0.362. The zero-order valence-corrected chi connectivity index (χ0v) is 13.0. The molecule has 104 valence electrons. The summed E-state index contributed by atoms with van der Waals surface area (Å²) in [6.45, 7) is 10.9. The highest BCUT2D eigenvalue weighted by atomic mass is 35.5. The minimum Gasteiger partial charge on any atom is -0.317 e. The summed E-state index contributed by atoms with van der Waals surface area (Å²) in [6, 6.07) is 0. The van der Waals surface area contributed by atoms with Crippen LogP contribution < -0.4 is 5.32 Å². The first-order chi connectivity index (χ1) is 8.51. The Balaban J connectivity index is 2.69. The number of aryl methyl sites for hydroxylation is 2. The predicted molar refractivity (Wildman–Crippen MR) is 78.2 cm³/mol. The van der Waals surface area contributed by atoms with Crippen LogP contribution in [-0.2, 0) is 19.9 Å². The van der Waals surface area contributed by atoms with Gasteiger partial charge >= 0.3 is 0 Å². The third kappa shape index (κ3) is 3.72. The summed E-state index contributed by atoms with van der Waals surface area (Å²) in [6.07, 6.45) is 1.89. The second-order valence-electron chi connectivity index (χ2n) is 5.15. The fraction of sp³-hybridized carbons (Fsp3) is 0.786. The maximum atomic E-state index is 6.38. The van der Waals surface area contributed by atoms with Crippen molar-refractivity contribution in [3.63, 3.8) is 0 Å². The zero-order valence-electron chi connectivity index (χ0n) is 12.3. The van der Waals surface area contributed by atoms with Crippen molar-refractivity contribution in [3.05, 3.63) is 16.4 Å². The van der Waals surface area contributed by atoms with E-state index in [1.807, 2.05) is 11.7 Å². The van der Waals surface area contributed by atoms with Crippen molar-refractivity contribution in [3.8, 4) is 0 Å². The Bertz CT molecular complexity index is 373. The number of nitrogens with one attached hydrogen (secondary N) is 1. The van der Waals surface area contributed by atoms with Crippen LogP contribution in [-0.4, -0.2) is 22.9 Å². The first-order valence-corrected chi connectivity index (χ1v) is 7.29. The average Bonchev–Trinajstić information content (AvgIpc) is 2.63. The summed E-state index contributed by atoms with van der Waals surface area (Å²) in [4.78, 5) is 0. The van der Waals surface area contributed by atoms with E-state index in [-0.39, 0.29) is 0 Å². The maximum absolute atomic E-state index is 6.38. The molecule has 4 heteroatoms. The minimum atomic E-state index is 0.599. The van der Waals surface area contributed by atoms with Crippen LogP contribution in [0.2, 0.25) is 5.02 Å². The van der Waals surface area contributed by atoms with E-state index in [2.05, 4.69) is 38.1 Å². The molecule has 1 N–H and O–H groups in total. The number of halogens is 1. The molecular formula is C14H26ClN3. The zero-order chi connectivity index (χ0) is 13.7. The molecule has 0 saturated carbocycles. The largest absolute Gasteiger partial charge is 0.317 e. The lowest BCUT2D eigenvalue weighted by Gasteiger charge is -2.20. The van der Waals surface area contributed by atoms with Crippen molar-refractivity contribution in [1.29, 1.82) is 0 Å². The molecule has 0 spiro atoms. The molecule has 0 aliphatic carbocycles. The third-order valence-corrected chi connectivity index (χ3v) is 4.14. The number of aromatic nitrogens is 2. The Morgan fingerprint density at radius 2 is 1.94 bits per heavy atom. The summed E-state index contributed by atoms with van der Waals surface area (Å²) in [5, 5.41) is 8.74. The van der Waals surface area contributed by atoms with E-state index in [0.717, 1.165) is 36.6 Å². The van der Waals surface area contributed by atoms with Crippen LogP contribution in [0.5, 0.6) is 0 Å². The van der Waals surface area contributed by atoms with E-state index >= 15 is 0 Å². The lowest BCUT2D eigenvalue weighted by atomic mass is 9.91. The molecule has 1 aromatic heterocycles. The van der Waals surface area contributed by atoms with Crippen LogP contribution in [0.3, 0.4) is 0 Å². The molecule has 0 fully saturated rings. The van der Waals surface area contributed by atoms with E-state index in [4.69, 9.17) is 11.6 Å². The van der Waals surface area contributed by atoms with Gasteiger partial charge in [0.25, 0.3) is 0 Å². The summed E-state index contributed by atoms with van der Waals surface area (Å²) in [5.74, 6) is 1.24. The number of hydrogen-bond acceptors (Lipinski definition) is 2. The van der Waals surface area contributed by atoms with Gasteiger partial charge in [0, 0.05) is 7.05 Å². The highest BCUT2D eigenvalue weighted by molar-refractivity contribution is 6.31. The molecule has 0 aromatic carbocycles. The van der Waals surface area contributed by atoms with Crippen LogP contribution in [0, 0.1) is 11.8 Å². The van der Waals surface area contributed by atoms with E-state index in [1.165, 1.54) is 5.69 Å². The van der Waals surface area contributed by atoms with Gasteiger partial charge in [-0.05, 0) is 37.8 Å². The normalized spacial score (nSPS) is 14.8. The van der Waals surface area contributed by atoms with Crippen LogP contribution in [0.1, 0.15) is 39.1 Å². The maximum Gasteiger partial charge on any atom is 0.0849 e. The predicted octanol–water partition coefficient (Wildman–Crippen LogP) is 3.06. The third-order valence-electron chi connectivity index (χ3n) is 3.71. The number of rotatable bonds is 7. The molecule has 0 aliphatic heterocycles. The van der Waals surface area contributed by atoms with Gasteiger partial charge in [0.1, 0.15) is 0 Å². The van der Waals surface area contributed by atoms with Gasteiger partial charge in [-0.15, -0.1) is 0 Å². The molecule has 1 rings (SSSR count). The Morgan fingerprint density at radius 1 is 1.28 bits per heavy atom. The molecule has 0 radical (unpaired) electrons. The van der Waals surface area contributed by atoms with Crippen LogP contribution in [0.25, 0.3) is 0 Å². The number of hydrogen-bond donors (Lipinski definition) is 1. The van der Waals surface area contributed by atoms with Crippen molar-refractivity contribution in [2.75, 3.05) is 13.1 Å². The van der Waals surface area contributed by atoms with Gasteiger partial charge in [-0.3, -0.25) is 4.68 Å². The van der Waals surface area contributed by atoms with E-state index < -0.39 is 0 Å². The highest BCUT2D eigenvalue weighted by Gasteiger charge is 2.18. The van der Waals surface area contributed by atoms with Gasteiger partial charge in [-0.2, -0.15) is 5.10 Å². The van der Waals surface area contributed by atoms with Crippen molar-refractivity contribution in [2.24, 2.45) is 18.9 Å². The van der Waals surface area contributed by atoms with Crippen LogP contribution in [0.15, 0.2) is 0 Å². The standard InChI is InChI=1S/C14H26ClN3/c1-6-12-14(15)13(18(5)17-12)8-10(3)11(4)9-16-7-2/h10-11,16H,6-9H2,1-5H3. The van der Waals surface area contributed by atoms with Gasteiger partial charge in [-0.25, -0.2) is 0 Å². The van der Waals surface area contributed by atoms with E-state index in [9.17, 15) is 0 Å².